The van der Waals surface area contributed by atoms with Crippen LogP contribution in [0.4, 0.5) is 0 Å². The predicted octanol–water partition coefficient (Wildman–Crippen LogP) is 2.66. The van der Waals surface area contributed by atoms with Crippen molar-refractivity contribution in [3.05, 3.63) is 12.7 Å². The summed E-state index contributed by atoms with van der Waals surface area (Å²) in [5, 5.41) is 3.28. The second-order valence-corrected chi connectivity index (χ2v) is 3.97. The van der Waals surface area contributed by atoms with E-state index in [-0.39, 0.29) is 5.97 Å². The predicted molar refractivity (Wildman–Crippen MR) is 67.4 cm³/mol. The minimum atomic E-state index is -0.520. The zero-order valence-corrected chi connectivity index (χ0v) is 10.8. The number of ether oxygens (including phenoxy) is 1. The molecule has 0 atom stereocenters. The largest absolute Gasteiger partial charge is 0.465 e. The lowest BCUT2D eigenvalue weighted by Crippen LogP contribution is -2.53. The molecular formula is C13H25NO2. The first-order chi connectivity index (χ1) is 7.66. The van der Waals surface area contributed by atoms with Crippen LogP contribution >= 0.6 is 0 Å². The molecule has 0 radical (unpaired) electrons. The van der Waals surface area contributed by atoms with Crippen molar-refractivity contribution in [1.29, 1.82) is 0 Å². The Labute approximate surface area is 99.3 Å². The molecule has 0 bridgehead atoms. The highest BCUT2D eigenvalue weighted by molar-refractivity contribution is 5.80. The maximum Gasteiger partial charge on any atom is 0.326 e. The highest BCUT2D eigenvalue weighted by Crippen LogP contribution is 2.21. The van der Waals surface area contributed by atoms with Gasteiger partial charge in [0.25, 0.3) is 0 Å². The summed E-state index contributed by atoms with van der Waals surface area (Å²) in [6, 6.07) is 0. The van der Waals surface area contributed by atoms with Gasteiger partial charge in [0, 0.05) is 6.54 Å². The van der Waals surface area contributed by atoms with E-state index in [1.165, 1.54) is 0 Å². The van der Waals surface area contributed by atoms with E-state index >= 15 is 0 Å². The second kappa shape index (κ2) is 8.34. The van der Waals surface area contributed by atoms with Gasteiger partial charge in [-0.3, -0.25) is 10.1 Å². The Bertz CT molecular complexity index is 208. The maximum atomic E-state index is 12.0. The van der Waals surface area contributed by atoms with Gasteiger partial charge >= 0.3 is 5.97 Å². The summed E-state index contributed by atoms with van der Waals surface area (Å²) >= 11 is 0. The Morgan fingerprint density at radius 3 is 2.25 bits per heavy atom. The SMILES string of the molecule is C=CCNC(CCC)(CCC)C(=O)OCC. The summed E-state index contributed by atoms with van der Waals surface area (Å²) in [7, 11) is 0. The van der Waals surface area contributed by atoms with Gasteiger partial charge in [0.05, 0.1) is 6.61 Å². The van der Waals surface area contributed by atoms with Crippen molar-refractivity contribution in [2.75, 3.05) is 13.2 Å². The summed E-state index contributed by atoms with van der Waals surface area (Å²) in [4.78, 5) is 12.0. The molecule has 3 nitrogen and oxygen atoms in total. The fourth-order valence-electron chi connectivity index (χ4n) is 1.97. The zero-order valence-electron chi connectivity index (χ0n) is 10.8. The van der Waals surface area contributed by atoms with E-state index < -0.39 is 5.54 Å². The van der Waals surface area contributed by atoms with Crippen molar-refractivity contribution in [2.45, 2.75) is 52.0 Å². The topological polar surface area (TPSA) is 38.3 Å². The fourth-order valence-corrected chi connectivity index (χ4v) is 1.97. The number of hydrogen-bond acceptors (Lipinski definition) is 3. The van der Waals surface area contributed by atoms with Gasteiger partial charge in [0.1, 0.15) is 5.54 Å². The highest BCUT2D eigenvalue weighted by atomic mass is 16.5. The van der Waals surface area contributed by atoms with E-state index in [2.05, 4.69) is 25.7 Å². The number of nitrogens with one attached hydrogen (secondary N) is 1. The van der Waals surface area contributed by atoms with Crippen LogP contribution in [0.2, 0.25) is 0 Å². The Morgan fingerprint density at radius 1 is 1.31 bits per heavy atom. The van der Waals surface area contributed by atoms with Gasteiger partial charge < -0.3 is 4.74 Å². The minimum Gasteiger partial charge on any atom is -0.465 e. The van der Waals surface area contributed by atoms with Crippen molar-refractivity contribution in [1.82, 2.24) is 5.32 Å². The highest BCUT2D eigenvalue weighted by Gasteiger charge is 2.37. The van der Waals surface area contributed by atoms with Crippen LogP contribution < -0.4 is 5.32 Å². The zero-order chi connectivity index (χ0) is 12.4. The molecule has 0 aromatic rings. The van der Waals surface area contributed by atoms with Crippen LogP contribution in [0.15, 0.2) is 12.7 Å². The molecule has 0 fully saturated rings. The van der Waals surface area contributed by atoms with E-state index in [1.807, 2.05) is 6.92 Å². The molecule has 1 N–H and O–H groups in total. The van der Waals surface area contributed by atoms with Gasteiger partial charge in [0.15, 0.2) is 0 Å². The normalized spacial score (nSPS) is 11.2. The molecule has 0 aliphatic rings. The Morgan fingerprint density at radius 2 is 1.88 bits per heavy atom. The molecule has 0 unspecified atom stereocenters. The fraction of sp³-hybridized carbons (Fsp3) is 0.769. The average molecular weight is 227 g/mol. The minimum absolute atomic E-state index is 0.124. The van der Waals surface area contributed by atoms with Crippen molar-refractivity contribution < 1.29 is 9.53 Å². The summed E-state index contributed by atoms with van der Waals surface area (Å²) in [6.45, 7) is 10.8. The summed E-state index contributed by atoms with van der Waals surface area (Å²) in [5.41, 5.74) is -0.520. The van der Waals surface area contributed by atoms with Crippen LogP contribution in [-0.2, 0) is 9.53 Å². The molecule has 0 rings (SSSR count). The van der Waals surface area contributed by atoms with E-state index in [9.17, 15) is 4.79 Å². The van der Waals surface area contributed by atoms with Crippen LogP contribution in [-0.4, -0.2) is 24.7 Å². The molecule has 16 heavy (non-hydrogen) atoms. The van der Waals surface area contributed by atoms with Crippen LogP contribution in [0.3, 0.4) is 0 Å². The molecule has 0 heterocycles. The molecule has 0 saturated carbocycles. The van der Waals surface area contributed by atoms with Gasteiger partial charge in [-0.1, -0.05) is 32.8 Å². The van der Waals surface area contributed by atoms with Gasteiger partial charge in [-0.2, -0.15) is 0 Å². The molecule has 0 spiro atoms. The van der Waals surface area contributed by atoms with Gasteiger partial charge in [-0.05, 0) is 19.8 Å². The standard InChI is InChI=1S/C13H25NO2/c1-5-9-13(10-6-2,14-11-7-3)12(15)16-8-4/h7,14H,3,5-6,8-11H2,1-2,4H3. The smallest absolute Gasteiger partial charge is 0.326 e. The van der Waals surface area contributed by atoms with Crippen LogP contribution in [0.1, 0.15) is 46.5 Å². The summed E-state index contributed by atoms with van der Waals surface area (Å²) < 4.78 is 5.17. The van der Waals surface area contributed by atoms with Crippen molar-refractivity contribution >= 4 is 5.97 Å². The molecule has 0 amide bonds. The third kappa shape index (κ3) is 4.35. The van der Waals surface area contributed by atoms with Crippen LogP contribution in [0, 0.1) is 0 Å². The average Bonchev–Trinajstić information content (AvgIpc) is 2.27. The molecule has 0 aliphatic carbocycles. The lowest BCUT2D eigenvalue weighted by Gasteiger charge is -2.31. The summed E-state index contributed by atoms with van der Waals surface area (Å²) in [5.74, 6) is -0.124. The van der Waals surface area contributed by atoms with E-state index in [1.54, 1.807) is 6.08 Å². The Kier molecular flexibility index (Phi) is 7.90. The first-order valence-electron chi connectivity index (χ1n) is 6.20. The molecular weight excluding hydrogens is 202 g/mol. The van der Waals surface area contributed by atoms with Crippen molar-refractivity contribution in [2.24, 2.45) is 0 Å². The lowest BCUT2D eigenvalue weighted by atomic mass is 9.88. The van der Waals surface area contributed by atoms with Gasteiger partial charge in [-0.15, -0.1) is 6.58 Å². The number of rotatable bonds is 9. The molecule has 3 heteroatoms. The van der Waals surface area contributed by atoms with Gasteiger partial charge in [-0.25, -0.2) is 0 Å². The van der Waals surface area contributed by atoms with Crippen LogP contribution in [0.25, 0.3) is 0 Å². The monoisotopic (exact) mass is 227 g/mol. The number of hydrogen-bond donors (Lipinski definition) is 1. The third-order valence-electron chi connectivity index (χ3n) is 2.60. The second-order valence-electron chi connectivity index (χ2n) is 3.97. The molecule has 94 valence electrons. The Hall–Kier alpha value is -0.830. The number of carbonyl (C=O) groups is 1. The first-order valence-corrected chi connectivity index (χ1v) is 6.20. The van der Waals surface area contributed by atoms with E-state index in [0.717, 1.165) is 25.7 Å². The van der Waals surface area contributed by atoms with Crippen molar-refractivity contribution in [3.63, 3.8) is 0 Å². The summed E-state index contributed by atoms with van der Waals surface area (Å²) in [6.07, 6.45) is 5.33. The third-order valence-corrected chi connectivity index (χ3v) is 2.60. The van der Waals surface area contributed by atoms with Gasteiger partial charge in [0.2, 0.25) is 0 Å². The van der Waals surface area contributed by atoms with E-state index in [0.29, 0.717) is 13.2 Å². The molecule has 0 aromatic heterocycles. The number of carbonyl (C=O) groups excluding carboxylic acids is 1. The first kappa shape index (κ1) is 15.2. The maximum absolute atomic E-state index is 12.0. The molecule has 0 aromatic carbocycles. The lowest BCUT2D eigenvalue weighted by molar-refractivity contribution is -0.152. The molecule has 0 aliphatic heterocycles. The molecule has 0 saturated heterocycles. The van der Waals surface area contributed by atoms with Crippen LogP contribution in [0.5, 0.6) is 0 Å². The number of esters is 1. The van der Waals surface area contributed by atoms with E-state index in [4.69, 9.17) is 4.74 Å². The quantitative estimate of drug-likeness (QED) is 0.486. The Balaban J connectivity index is 4.74. The van der Waals surface area contributed by atoms with Crippen molar-refractivity contribution in [3.8, 4) is 0 Å².